The van der Waals surface area contributed by atoms with E-state index < -0.39 is 30.2 Å². The minimum Gasteiger partial charge on any atom is -0.480 e. The molecule has 0 aromatic rings. The van der Waals surface area contributed by atoms with E-state index in [1.54, 1.807) is 0 Å². The molecule has 2 atom stereocenters. The second-order valence-electron chi connectivity index (χ2n) is 3.50. The van der Waals surface area contributed by atoms with Gasteiger partial charge in [0.2, 0.25) is 0 Å². The number of carboxylic acid groups (broad SMARTS) is 1. The van der Waals surface area contributed by atoms with Gasteiger partial charge < -0.3 is 15.3 Å². The predicted molar refractivity (Wildman–Crippen MR) is 53.0 cm³/mol. The summed E-state index contributed by atoms with van der Waals surface area (Å²) in [4.78, 5) is 26.0. The van der Waals surface area contributed by atoms with Crippen LogP contribution in [0.25, 0.3) is 0 Å². The molecule has 1 aliphatic rings. The van der Waals surface area contributed by atoms with Crippen LogP contribution in [0.4, 0.5) is 13.2 Å². The summed E-state index contributed by atoms with van der Waals surface area (Å²) in [5.41, 5.74) is 0. The molecule has 0 saturated heterocycles. The molecule has 10 heteroatoms. The third-order valence-corrected chi connectivity index (χ3v) is 2.28. The van der Waals surface area contributed by atoms with Crippen molar-refractivity contribution in [1.82, 2.24) is 5.32 Å². The summed E-state index contributed by atoms with van der Waals surface area (Å²) < 4.78 is 35.9. The highest BCUT2D eigenvalue weighted by Crippen LogP contribution is 2.19. The largest absolute Gasteiger partial charge is 0.480 e. The standard InChI is InChI=1S/C8H8ClF3N2O4/c9-5-2-3(18-14-5)1-4(6(15)16)13-7(17)8(10,11)12/h3-4H,1-2H2,(H,13,17)(H,15,16)/t3-,4-/m0/s1. The number of aliphatic carboxylic acids is 1. The molecule has 0 bridgehead atoms. The van der Waals surface area contributed by atoms with Crippen LogP contribution in [0.3, 0.4) is 0 Å². The lowest BCUT2D eigenvalue weighted by Crippen LogP contribution is -2.48. The second-order valence-corrected chi connectivity index (χ2v) is 3.93. The number of nitrogens with zero attached hydrogens (tertiary/aromatic N) is 1. The molecule has 0 spiro atoms. The van der Waals surface area contributed by atoms with Crippen LogP contribution >= 0.6 is 11.6 Å². The van der Waals surface area contributed by atoms with Gasteiger partial charge in [-0.2, -0.15) is 13.2 Å². The average molecular weight is 289 g/mol. The van der Waals surface area contributed by atoms with E-state index in [-0.39, 0.29) is 18.0 Å². The van der Waals surface area contributed by atoms with Gasteiger partial charge in [0, 0.05) is 12.8 Å². The highest BCUT2D eigenvalue weighted by molar-refractivity contribution is 6.65. The first-order valence-corrected chi connectivity index (χ1v) is 5.06. The van der Waals surface area contributed by atoms with Crippen molar-refractivity contribution in [3.63, 3.8) is 0 Å². The van der Waals surface area contributed by atoms with Crippen LogP contribution in [0.5, 0.6) is 0 Å². The van der Waals surface area contributed by atoms with E-state index in [0.717, 1.165) is 0 Å². The van der Waals surface area contributed by atoms with E-state index in [1.165, 1.54) is 5.32 Å². The molecule has 0 saturated carbocycles. The fourth-order valence-electron chi connectivity index (χ4n) is 1.24. The van der Waals surface area contributed by atoms with Crippen LogP contribution in [0, 0.1) is 0 Å². The Bertz CT molecular complexity index is 385. The van der Waals surface area contributed by atoms with Crippen molar-refractivity contribution in [2.24, 2.45) is 5.16 Å². The van der Waals surface area contributed by atoms with Crippen LogP contribution in [-0.4, -0.2) is 40.5 Å². The quantitative estimate of drug-likeness (QED) is 0.803. The van der Waals surface area contributed by atoms with E-state index in [4.69, 9.17) is 16.7 Å². The minimum absolute atomic E-state index is 0.0892. The van der Waals surface area contributed by atoms with Gasteiger partial charge in [0.1, 0.15) is 17.3 Å². The number of carbonyl (C=O) groups is 2. The third-order valence-electron chi connectivity index (χ3n) is 2.06. The van der Waals surface area contributed by atoms with Crippen LogP contribution < -0.4 is 5.32 Å². The van der Waals surface area contributed by atoms with Crippen molar-refractivity contribution in [2.75, 3.05) is 0 Å². The van der Waals surface area contributed by atoms with E-state index in [0.29, 0.717) is 0 Å². The normalized spacial score (nSPS) is 20.9. The first-order valence-electron chi connectivity index (χ1n) is 4.69. The second kappa shape index (κ2) is 5.42. The molecular weight excluding hydrogens is 281 g/mol. The molecule has 2 N–H and O–H groups in total. The highest BCUT2D eigenvalue weighted by atomic mass is 35.5. The number of amides is 1. The smallest absolute Gasteiger partial charge is 0.471 e. The summed E-state index contributed by atoms with van der Waals surface area (Å²) in [5.74, 6) is -3.92. The zero-order valence-electron chi connectivity index (χ0n) is 8.70. The Morgan fingerprint density at radius 1 is 1.61 bits per heavy atom. The lowest BCUT2D eigenvalue weighted by atomic mass is 10.1. The molecule has 1 aliphatic heterocycles. The van der Waals surface area contributed by atoms with Gasteiger partial charge in [-0.25, -0.2) is 4.79 Å². The van der Waals surface area contributed by atoms with Crippen molar-refractivity contribution < 1.29 is 32.7 Å². The number of halogens is 4. The molecule has 18 heavy (non-hydrogen) atoms. The number of carboxylic acids is 1. The summed E-state index contributed by atoms with van der Waals surface area (Å²) in [6.07, 6.45) is -6.19. The first-order chi connectivity index (χ1) is 8.20. The van der Waals surface area contributed by atoms with Crippen molar-refractivity contribution in [3.8, 4) is 0 Å². The number of rotatable bonds is 4. The van der Waals surface area contributed by atoms with Gasteiger partial charge in [0.15, 0.2) is 0 Å². The molecule has 1 rings (SSSR count). The fourth-order valence-corrected chi connectivity index (χ4v) is 1.46. The maximum absolute atomic E-state index is 12.0. The van der Waals surface area contributed by atoms with Crippen LogP contribution in [0.15, 0.2) is 5.16 Å². The fraction of sp³-hybridized carbons (Fsp3) is 0.625. The molecule has 102 valence electrons. The molecule has 0 aromatic heterocycles. The number of nitrogens with one attached hydrogen (secondary N) is 1. The molecule has 0 aliphatic carbocycles. The number of alkyl halides is 3. The Kier molecular flexibility index (Phi) is 4.38. The third kappa shape index (κ3) is 4.06. The summed E-state index contributed by atoms with van der Waals surface area (Å²) in [5, 5.41) is 13.5. The Hall–Kier alpha value is -1.51. The summed E-state index contributed by atoms with van der Waals surface area (Å²) in [7, 11) is 0. The predicted octanol–water partition coefficient (Wildman–Crippen LogP) is 0.849. The van der Waals surface area contributed by atoms with Gasteiger partial charge in [0.05, 0.1) is 0 Å². The molecule has 0 aromatic carbocycles. The minimum atomic E-state index is -5.14. The van der Waals surface area contributed by atoms with Gasteiger partial charge in [-0.1, -0.05) is 16.8 Å². The van der Waals surface area contributed by atoms with Crippen molar-refractivity contribution in [3.05, 3.63) is 0 Å². The van der Waals surface area contributed by atoms with E-state index in [2.05, 4.69) is 9.99 Å². The maximum atomic E-state index is 12.0. The van der Waals surface area contributed by atoms with Gasteiger partial charge in [0.25, 0.3) is 0 Å². The van der Waals surface area contributed by atoms with Gasteiger partial charge in [-0.3, -0.25) is 4.79 Å². The topological polar surface area (TPSA) is 88.0 Å². The Labute approximate surface area is 104 Å². The molecule has 1 heterocycles. The highest BCUT2D eigenvalue weighted by Gasteiger charge is 2.41. The Balaban J connectivity index is 2.56. The van der Waals surface area contributed by atoms with E-state index in [1.807, 2.05) is 0 Å². The van der Waals surface area contributed by atoms with Crippen LogP contribution in [0.2, 0.25) is 0 Å². The SMILES string of the molecule is O=C(O)[C@H](C[C@H]1CC(Cl)=NO1)NC(=O)C(F)(F)F. The first kappa shape index (κ1) is 14.6. The van der Waals surface area contributed by atoms with Gasteiger partial charge in [-0.15, -0.1) is 0 Å². The average Bonchev–Trinajstić information content (AvgIpc) is 2.61. The van der Waals surface area contributed by atoms with Crippen molar-refractivity contribution in [2.45, 2.75) is 31.2 Å². The number of hydrogen-bond acceptors (Lipinski definition) is 4. The number of hydrogen-bond donors (Lipinski definition) is 2. The molecule has 0 radical (unpaired) electrons. The van der Waals surface area contributed by atoms with E-state index in [9.17, 15) is 22.8 Å². The lowest BCUT2D eigenvalue weighted by molar-refractivity contribution is -0.175. The Morgan fingerprint density at radius 2 is 2.22 bits per heavy atom. The molecule has 0 fully saturated rings. The molecule has 0 unspecified atom stereocenters. The summed E-state index contributed by atoms with van der Waals surface area (Å²) in [6.45, 7) is 0. The maximum Gasteiger partial charge on any atom is 0.471 e. The Morgan fingerprint density at radius 3 is 2.61 bits per heavy atom. The molecule has 6 nitrogen and oxygen atoms in total. The van der Waals surface area contributed by atoms with Crippen LogP contribution in [-0.2, 0) is 14.4 Å². The summed E-state index contributed by atoms with van der Waals surface area (Å²) in [6, 6.07) is -1.72. The molecule has 1 amide bonds. The zero-order valence-corrected chi connectivity index (χ0v) is 9.46. The lowest BCUT2D eigenvalue weighted by Gasteiger charge is -2.17. The van der Waals surface area contributed by atoms with Gasteiger partial charge >= 0.3 is 18.1 Å². The van der Waals surface area contributed by atoms with Crippen molar-refractivity contribution >= 4 is 28.6 Å². The van der Waals surface area contributed by atoms with Crippen molar-refractivity contribution in [1.29, 1.82) is 0 Å². The molecular formula is C8H8ClF3N2O4. The zero-order chi connectivity index (χ0) is 13.9. The van der Waals surface area contributed by atoms with Gasteiger partial charge in [-0.05, 0) is 0 Å². The number of oxime groups is 1. The van der Waals surface area contributed by atoms with E-state index >= 15 is 0 Å². The monoisotopic (exact) mass is 288 g/mol. The van der Waals surface area contributed by atoms with Crippen LogP contribution in [0.1, 0.15) is 12.8 Å². The number of carbonyl (C=O) groups excluding carboxylic acids is 1. The summed E-state index contributed by atoms with van der Waals surface area (Å²) >= 11 is 5.46.